The maximum atomic E-state index is 12.9. The van der Waals surface area contributed by atoms with Gasteiger partial charge in [0.25, 0.3) is 0 Å². The van der Waals surface area contributed by atoms with Crippen molar-refractivity contribution in [2.75, 3.05) is 6.54 Å². The molecule has 23 heavy (non-hydrogen) atoms. The number of carbonyl (C=O) groups is 1. The minimum absolute atomic E-state index is 0.116. The molecular formula is C18H20ClN3O. The second-order valence-electron chi connectivity index (χ2n) is 6.64. The molecule has 1 aromatic heterocycles. The monoisotopic (exact) mass is 329 g/mol. The number of halogens is 1. The smallest absolute Gasteiger partial charge is 0.226 e. The van der Waals surface area contributed by atoms with Gasteiger partial charge in [0.15, 0.2) is 0 Å². The number of aromatic nitrogens is 2. The Bertz CT molecular complexity index is 741. The van der Waals surface area contributed by atoms with Crippen LogP contribution in [0.4, 0.5) is 0 Å². The zero-order valence-electron chi connectivity index (χ0n) is 13.2. The number of carbonyl (C=O) groups excluding carboxylic acids is 1. The second-order valence-corrected chi connectivity index (χ2v) is 7.08. The number of rotatable bonds is 3. The number of hydrogen-bond acceptors (Lipinski definition) is 2. The summed E-state index contributed by atoms with van der Waals surface area (Å²) in [6.45, 7) is 0.858. The predicted molar refractivity (Wildman–Crippen MR) is 89.2 cm³/mol. The van der Waals surface area contributed by atoms with E-state index < -0.39 is 0 Å². The van der Waals surface area contributed by atoms with Crippen LogP contribution < -0.4 is 0 Å². The van der Waals surface area contributed by atoms with Crippen molar-refractivity contribution in [3.05, 3.63) is 52.8 Å². The summed E-state index contributed by atoms with van der Waals surface area (Å²) in [5.41, 5.74) is 2.34. The molecule has 2 fully saturated rings. The molecule has 1 aromatic carbocycles. The maximum absolute atomic E-state index is 12.9. The average Bonchev–Trinajstić information content (AvgIpc) is 2.97. The van der Waals surface area contributed by atoms with Crippen molar-refractivity contribution in [1.82, 2.24) is 14.7 Å². The minimum atomic E-state index is 0.116. The molecule has 1 aliphatic carbocycles. The van der Waals surface area contributed by atoms with Crippen molar-refractivity contribution >= 4 is 17.5 Å². The number of hydrogen-bond donors (Lipinski definition) is 0. The first kappa shape index (κ1) is 14.8. The summed E-state index contributed by atoms with van der Waals surface area (Å²) in [5.74, 6) is 0.739. The highest BCUT2D eigenvalue weighted by Crippen LogP contribution is 2.50. The van der Waals surface area contributed by atoms with Crippen molar-refractivity contribution in [3.8, 4) is 0 Å². The van der Waals surface area contributed by atoms with E-state index >= 15 is 0 Å². The number of likely N-dealkylation sites (tertiary alicyclic amines) is 1. The SMILES string of the molecule is Cn1cc([C@@H]2CCCN2C(=O)[C@H]2C[C@@H]2c2cccc(Cl)c2)cn1. The Labute approximate surface area is 141 Å². The van der Waals surface area contributed by atoms with Crippen LogP contribution >= 0.6 is 11.6 Å². The van der Waals surface area contributed by atoms with E-state index in [1.807, 2.05) is 42.3 Å². The Hall–Kier alpha value is -1.81. The first-order valence-electron chi connectivity index (χ1n) is 8.18. The first-order valence-corrected chi connectivity index (χ1v) is 8.56. The summed E-state index contributed by atoms with van der Waals surface area (Å²) < 4.78 is 1.81. The van der Waals surface area contributed by atoms with Gasteiger partial charge in [-0.15, -0.1) is 0 Å². The molecule has 0 bridgehead atoms. The molecule has 1 saturated carbocycles. The van der Waals surface area contributed by atoms with E-state index in [2.05, 4.69) is 16.1 Å². The van der Waals surface area contributed by atoms with Crippen molar-refractivity contribution in [1.29, 1.82) is 0 Å². The quantitative estimate of drug-likeness (QED) is 0.863. The normalized spacial score (nSPS) is 26.5. The molecule has 120 valence electrons. The van der Waals surface area contributed by atoms with Gasteiger partial charge in [0.2, 0.25) is 5.91 Å². The fourth-order valence-corrected chi connectivity index (χ4v) is 3.97. The molecule has 1 amide bonds. The van der Waals surface area contributed by atoms with E-state index in [1.54, 1.807) is 0 Å². The van der Waals surface area contributed by atoms with Crippen molar-refractivity contribution in [2.24, 2.45) is 13.0 Å². The highest BCUT2D eigenvalue weighted by atomic mass is 35.5. The second kappa shape index (κ2) is 5.68. The molecular weight excluding hydrogens is 310 g/mol. The van der Waals surface area contributed by atoms with Gasteiger partial charge >= 0.3 is 0 Å². The number of nitrogens with zero attached hydrogens (tertiary/aromatic N) is 3. The van der Waals surface area contributed by atoms with E-state index in [0.717, 1.165) is 36.4 Å². The molecule has 3 atom stereocenters. The van der Waals surface area contributed by atoms with Gasteiger partial charge in [-0.25, -0.2) is 0 Å². The van der Waals surface area contributed by atoms with Gasteiger partial charge in [-0.1, -0.05) is 23.7 Å². The molecule has 2 aliphatic rings. The lowest BCUT2D eigenvalue weighted by atomic mass is 10.1. The summed E-state index contributed by atoms with van der Waals surface area (Å²) in [6.07, 6.45) is 6.95. The molecule has 5 heteroatoms. The van der Waals surface area contributed by atoms with Gasteiger partial charge < -0.3 is 4.90 Å². The molecule has 2 heterocycles. The van der Waals surface area contributed by atoms with Crippen molar-refractivity contribution in [2.45, 2.75) is 31.2 Å². The fourth-order valence-electron chi connectivity index (χ4n) is 3.78. The Balaban J connectivity index is 1.49. The molecule has 1 saturated heterocycles. The predicted octanol–water partition coefficient (Wildman–Crippen LogP) is 3.54. The number of amides is 1. The number of benzene rings is 1. The zero-order valence-corrected chi connectivity index (χ0v) is 13.9. The lowest BCUT2D eigenvalue weighted by molar-refractivity contribution is -0.133. The van der Waals surface area contributed by atoms with Crippen LogP contribution in [0.5, 0.6) is 0 Å². The van der Waals surface area contributed by atoms with Crippen molar-refractivity contribution < 1.29 is 4.79 Å². The fraction of sp³-hybridized carbons (Fsp3) is 0.444. The Kier molecular flexibility index (Phi) is 3.64. The molecule has 0 N–H and O–H groups in total. The zero-order chi connectivity index (χ0) is 16.0. The van der Waals surface area contributed by atoms with E-state index in [4.69, 9.17) is 11.6 Å². The third-order valence-electron chi connectivity index (χ3n) is 5.03. The van der Waals surface area contributed by atoms with Gasteiger partial charge in [0.1, 0.15) is 0 Å². The lowest BCUT2D eigenvalue weighted by Gasteiger charge is -2.24. The third-order valence-corrected chi connectivity index (χ3v) is 5.27. The largest absolute Gasteiger partial charge is 0.335 e. The third kappa shape index (κ3) is 2.76. The minimum Gasteiger partial charge on any atom is -0.335 e. The van der Waals surface area contributed by atoms with Crippen LogP contribution in [0.25, 0.3) is 0 Å². The van der Waals surface area contributed by atoms with Gasteiger partial charge in [-0.3, -0.25) is 9.48 Å². The molecule has 2 aromatic rings. The number of aryl methyl sites for hydroxylation is 1. The van der Waals surface area contributed by atoms with E-state index in [0.29, 0.717) is 11.8 Å². The molecule has 4 nitrogen and oxygen atoms in total. The Morgan fingerprint density at radius 1 is 1.35 bits per heavy atom. The summed E-state index contributed by atoms with van der Waals surface area (Å²) in [4.78, 5) is 15.0. The molecule has 1 aliphatic heterocycles. The Morgan fingerprint density at radius 3 is 2.96 bits per heavy atom. The summed E-state index contributed by atoms with van der Waals surface area (Å²) in [7, 11) is 1.92. The highest BCUT2D eigenvalue weighted by Gasteiger charge is 2.47. The molecule has 0 unspecified atom stereocenters. The van der Waals surface area contributed by atoms with Crippen LogP contribution in [0, 0.1) is 5.92 Å². The van der Waals surface area contributed by atoms with E-state index in [1.165, 1.54) is 5.56 Å². The summed E-state index contributed by atoms with van der Waals surface area (Å²) in [5, 5.41) is 5.00. The van der Waals surface area contributed by atoms with Gasteiger partial charge in [0.05, 0.1) is 12.2 Å². The highest BCUT2D eigenvalue weighted by molar-refractivity contribution is 6.30. The van der Waals surface area contributed by atoms with Crippen LogP contribution in [-0.4, -0.2) is 27.1 Å². The van der Waals surface area contributed by atoms with Crippen LogP contribution in [-0.2, 0) is 11.8 Å². The van der Waals surface area contributed by atoms with Gasteiger partial charge in [-0.2, -0.15) is 5.10 Å². The molecule has 0 spiro atoms. The molecule has 0 radical (unpaired) electrons. The standard InChI is InChI=1S/C18H20ClN3O/c1-21-11-13(10-20-21)17-6-3-7-22(17)18(23)16-9-15(16)12-4-2-5-14(19)8-12/h2,4-5,8,10-11,15-17H,3,6-7,9H2,1H3/t15-,16+,17+/m1/s1. The van der Waals surface area contributed by atoms with Crippen LogP contribution in [0.3, 0.4) is 0 Å². The first-order chi connectivity index (χ1) is 11.1. The summed E-state index contributed by atoms with van der Waals surface area (Å²) >= 11 is 6.07. The maximum Gasteiger partial charge on any atom is 0.226 e. The van der Waals surface area contributed by atoms with Crippen molar-refractivity contribution in [3.63, 3.8) is 0 Å². The summed E-state index contributed by atoms with van der Waals surface area (Å²) in [6, 6.07) is 8.10. The van der Waals surface area contributed by atoms with Crippen LogP contribution in [0.1, 0.15) is 42.3 Å². The lowest BCUT2D eigenvalue weighted by Crippen LogP contribution is -2.32. The van der Waals surface area contributed by atoms with Crippen LogP contribution in [0.2, 0.25) is 5.02 Å². The van der Waals surface area contributed by atoms with Crippen LogP contribution in [0.15, 0.2) is 36.7 Å². The molecule has 4 rings (SSSR count). The van der Waals surface area contributed by atoms with E-state index in [-0.39, 0.29) is 12.0 Å². The Morgan fingerprint density at radius 2 is 2.22 bits per heavy atom. The van der Waals surface area contributed by atoms with Gasteiger partial charge in [-0.05, 0) is 42.9 Å². The van der Waals surface area contributed by atoms with Gasteiger partial charge in [0, 0.05) is 36.3 Å². The topological polar surface area (TPSA) is 38.1 Å². The average molecular weight is 330 g/mol. The van der Waals surface area contributed by atoms with E-state index in [9.17, 15) is 4.79 Å².